The largest absolute Gasteiger partial charge is 0.349 e. The molecule has 176 valence electrons. The van der Waals surface area contributed by atoms with E-state index in [-0.39, 0.29) is 29.9 Å². The van der Waals surface area contributed by atoms with Crippen LogP contribution in [-0.2, 0) is 16.1 Å². The third kappa shape index (κ3) is 5.27. The standard InChI is InChI=1S/C25H33N5O2S/c1-4-25(2,3)26-24(32)23(21-15-10-16-33-21)30(18-11-6-5-7-12-18)22(31)17-29-20-14-9-8-13-19(20)27-28-29/h8-10,13-16,18,23H,4-7,11-12,17H2,1-3H3,(H,26,32). The van der Waals surface area contributed by atoms with Crippen molar-refractivity contribution in [2.24, 2.45) is 0 Å². The third-order valence-corrected chi connectivity index (χ3v) is 7.57. The Kier molecular flexibility index (Phi) is 7.12. The topological polar surface area (TPSA) is 80.1 Å². The highest BCUT2D eigenvalue weighted by Crippen LogP contribution is 2.34. The second-order valence-corrected chi connectivity index (χ2v) is 10.5. The first-order valence-electron chi connectivity index (χ1n) is 11.8. The number of hydrogen-bond acceptors (Lipinski definition) is 5. The molecule has 2 amide bonds. The Bertz CT molecular complexity index is 1090. The molecule has 1 N–H and O–H groups in total. The Labute approximate surface area is 199 Å². The van der Waals surface area contributed by atoms with Crippen LogP contribution in [0, 0.1) is 0 Å². The van der Waals surface area contributed by atoms with Crippen molar-refractivity contribution >= 4 is 34.2 Å². The minimum atomic E-state index is -0.652. The summed E-state index contributed by atoms with van der Waals surface area (Å²) in [7, 11) is 0. The summed E-state index contributed by atoms with van der Waals surface area (Å²) in [5, 5.41) is 13.6. The molecular formula is C25H33N5O2S. The van der Waals surface area contributed by atoms with Crippen molar-refractivity contribution in [1.82, 2.24) is 25.2 Å². The number of carbonyl (C=O) groups is 2. The van der Waals surface area contributed by atoms with Gasteiger partial charge in [0.15, 0.2) is 0 Å². The van der Waals surface area contributed by atoms with Gasteiger partial charge in [0.1, 0.15) is 18.1 Å². The summed E-state index contributed by atoms with van der Waals surface area (Å²) in [6.45, 7) is 6.15. The number of para-hydroxylation sites is 1. The van der Waals surface area contributed by atoms with Crippen molar-refractivity contribution in [3.8, 4) is 0 Å². The number of rotatable bonds is 8. The van der Waals surface area contributed by atoms with Crippen molar-refractivity contribution in [2.75, 3.05) is 0 Å². The van der Waals surface area contributed by atoms with Gasteiger partial charge < -0.3 is 10.2 Å². The highest BCUT2D eigenvalue weighted by Gasteiger charge is 2.39. The monoisotopic (exact) mass is 467 g/mol. The molecule has 0 bridgehead atoms. The molecule has 1 unspecified atom stereocenters. The lowest BCUT2D eigenvalue weighted by atomic mass is 9.92. The highest BCUT2D eigenvalue weighted by molar-refractivity contribution is 7.10. The molecule has 8 heteroatoms. The van der Waals surface area contributed by atoms with Gasteiger partial charge in [0, 0.05) is 16.5 Å². The highest BCUT2D eigenvalue weighted by atomic mass is 32.1. The van der Waals surface area contributed by atoms with Crippen molar-refractivity contribution in [2.45, 2.75) is 83.5 Å². The number of nitrogens with zero attached hydrogens (tertiary/aromatic N) is 4. The van der Waals surface area contributed by atoms with Gasteiger partial charge in [-0.05, 0) is 56.7 Å². The van der Waals surface area contributed by atoms with Crippen molar-refractivity contribution in [1.29, 1.82) is 0 Å². The van der Waals surface area contributed by atoms with Crippen molar-refractivity contribution < 1.29 is 9.59 Å². The van der Waals surface area contributed by atoms with E-state index in [0.29, 0.717) is 0 Å². The number of carbonyl (C=O) groups excluding carboxylic acids is 2. The van der Waals surface area contributed by atoms with Gasteiger partial charge in [0.05, 0.1) is 5.52 Å². The predicted octanol–water partition coefficient (Wildman–Crippen LogP) is 4.70. The summed E-state index contributed by atoms with van der Waals surface area (Å²) in [6.07, 6.45) is 5.94. The summed E-state index contributed by atoms with van der Waals surface area (Å²) in [4.78, 5) is 30.3. The summed E-state index contributed by atoms with van der Waals surface area (Å²) in [5.41, 5.74) is 1.22. The van der Waals surface area contributed by atoms with Gasteiger partial charge in [-0.3, -0.25) is 9.59 Å². The lowest BCUT2D eigenvalue weighted by Gasteiger charge is -2.40. The predicted molar refractivity (Wildman–Crippen MR) is 131 cm³/mol. The molecule has 0 spiro atoms. The number of nitrogens with one attached hydrogen (secondary N) is 1. The summed E-state index contributed by atoms with van der Waals surface area (Å²) in [6, 6.07) is 10.9. The van der Waals surface area contributed by atoms with Gasteiger partial charge in [0.25, 0.3) is 0 Å². The molecular weight excluding hydrogens is 434 g/mol. The Hall–Kier alpha value is -2.74. The SMILES string of the molecule is CCC(C)(C)NC(=O)C(c1cccs1)N(C(=O)Cn1nnc2ccccc21)C1CCCCC1. The first-order valence-corrected chi connectivity index (χ1v) is 12.7. The minimum Gasteiger partial charge on any atom is -0.349 e. The zero-order valence-electron chi connectivity index (χ0n) is 19.7. The van der Waals surface area contributed by atoms with Crippen LogP contribution in [-0.4, -0.2) is 43.3 Å². The van der Waals surface area contributed by atoms with E-state index in [1.165, 1.54) is 17.8 Å². The van der Waals surface area contributed by atoms with Gasteiger partial charge in [-0.15, -0.1) is 16.4 Å². The molecule has 1 fully saturated rings. The van der Waals surface area contributed by atoms with Gasteiger partial charge in [0.2, 0.25) is 11.8 Å². The van der Waals surface area contributed by atoms with Gasteiger partial charge in [-0.1, -0.05) is 49.6 Å². The minimum absolute atomic E-state index is 0.0311. The van der Waals surface area contributed by atoms with E-state index in [4.69, 9.17) is 0 Å². The molecule has 1 aromatic carbocycles. The van der Waals surface area contributed by atoms with Gasteiger partial charge >= 0.3 is 0 Å². The average Bonchev–Trinajstić information content (AvgIpc) is 3.48. The number of benzene rings is 1. The number of hydrogen-bond donors (Lipinski definition) is 1. The molecule has 1 aliphatic rings. The van der Waals surface area contributed by atoms with E-state index in [2.05, 4.69) is 22.6 Å². The smallest absolute Gasteiger partial charge is 0.248 e. The van der Waals surface area contributed by atoms with E-state index in [1.54, 1.807) is 4.68 Å². The van der Waals surface area contributed by atoms with E-state index in [0.717, 1.165) is 48.0 Å². The zero-order valence-corrected chi connectivity index (χ0v) is 20.5. The first kappa shape index (κ1) is 23.4. The molecule has 7 nitrogen and oxygen atoms in total. The molecule has 3 aromatic rings. The summed E-state index contributed by atoms with van der Waals surface area (Å²) in [5.74, 6) is -0.216. The van der Waals surface area contributed by atoms with Crippen LogP contribution in [0.3, 0.4) is 0 Å². The maximum absolute atomic E-state index is 13.9. The number of aromatic nitrogens is 3. The molecule has 4 rings (SSSR count). The van der Waals surface area contributed by atoms with Crippen LogP contribution in [0.4, 0.5) is 0 Å². The zero-order chi connectivity index (χ0) is 23.4. The number of amides is 2. The van der Waals surface area contributed by atoms with Crippen LogP contribution in [0.2, 0.25) is 0 Å². The second-order valence-electron chi connectivity index (χ2n) is 9.47. The lowest BCUT2D eigenvalue weighted by molar-refractivity contribution is -0.145. The normalized spacial score (nSPS) is 16.0. The van der Waals surface area contributed by atoms with Gasteiger partial charge in [-0.25, -0.2) is 4.68 Å². The van der Waals surface area contributed by atoms with Crippen LogP contribution in [0.5, 0.6) is 0 Å². The molecule has 1 saturated carbocycles. The maximum atomic E-state index is 13.9. The average molecular weight is 468 g/mol. The molecule has 0 saturated heterocycles. The fourth-order valence-corrected chi connectivity index (χ4v) is 5.31. The summed E-state index contributed by atoms with van der Waals surface area (Å²) < 4.78 is 1.65. The van der Waals surface area contributed by atoms with Crippen LogP contribution in [0.25, 0.3) is 11.0 Å². The maximum Gasteiger partial charge on any atom is 0.248 e. The van der Waals surface area contributed by atoms with E-state index >= 15 is 0 Å². The van der Waals surface area contributed by atoms with Crippen LogP contribution >= 0.6 is 11.3 Å². The molecule has 2 aromatic heterocycles. The van der Waals surface area contributed by atoms with Crippen LogP contribution in [0.1, 0.15) is 70.2 Å². The number of thiophene rings is 1. The van der Waals surface area contributed by atoms with Crippen molar-refractivity contribution in [3.63, 3.8) is 0 Å². The van der Waals surface area contributed by atoms with Crippen LogP contribution < -0.4 is 5.32 Å². The second kappa shape index (κ2) is 10.0. The lowest BCUT2D eigenvalue weighted by Crippen LogP contribution is -2.53. The fraction of sp³-hybridized carbons (Fsp3) is 0.520. The number of fused-ring (bicyclic) bond motifs is 1. The van der Waals surface area contributed by atoms with E-state index in [1.807, 2.05) is 60.5 Å². The molecule has 0 aliphatic heterocycles. The van der Waals surface area contributed by atoms with E-state index < -0.39 is 6.04 Å². The first-order chi connectivity index (χ1) is 15.9. The molecule has 0 radical (unpaired) electrons. The Morgan fingerprint density at radius 2 is 1.94 bits per heavy atom. The quantitative estimate of drug-likeness (QED) is 0.521. The summed E-state index contributed by atoms with van der Waals surface area (Å²) >= 11 is 1.52. The third-order valence-electron chi connectivity index (χ3n) is 6.65. The molecule has 1 aliphatic carbocycles. The Balaban J connectivity index is 1.70. The fourth-order valence-electron chi connectivity index (χ4n) is 4.49. The molecule has 1 atom stereocenters. The van der Waals surface area contributed by atoms with Crippen LogP contribution in [0.15, 0.2) is 41.8 Å². The molecule has 33 heavy (non-hydrogen) atoms. The Morgan fingerprint density at radius 1 is 1.18 bits per heavy atom. The van der Waals surface area contributed by atoms with E-state index in [9.17, 15) is 9.59 Å². The van der Waals surface area contributed by atoms with Gasteiger partial charge in [-0.2, -0.15) is 0 Å². The van der Waals surface area contributed by atoms with Crippen molar-refractivity contribution in [3.05, 3.63) is 46.7 Å². The molecule has 2 heterocycles. The Morgan fingerprint density at radius 3 is 2.64 bits per heavy atom.